The Balaban J connectivity index is 1.93. The van der Waals surface area contributed by atoms with E-state index in [1.165, 1.54) is 0 Å². The first kappa shape index (κ1) is 15.7. The highest BCUT2D eigenvalue weighted by Crippen LogP contribution is 2.46. The van der Waals surface area contributed by atoms with Crippen LogP contribution in [0.1, 0.15) is 48.8 Å². The molecule has 3 heterocycles. The first-order valence-electron chi connectivity index (χ1n) is 8.72. The summed E-state index contributed by atoms with van der Waals surface area (Å²) in [6.45, 7) is 2.71. The van der Waals surface area contributed by atoms with Crippen molar-refractivity contribution < 1.29 is 14.6 Å². The topological polar surface area (TPSA) is 87.2 Å². The highest BCUT2D eigenvalue weighted by molar-refractivity contribution is 5.93. The SMILES string of the molecule is CCCC1=C(C(=O)O)C(c2cccc3c2OCCC3)c2cn[nH]c2N1. The number of benzene rings is 1. The van der Waals surface area contributed by atoms with Gasteiger partial charge < -0.3 is 15.2 Å². The Morgan fingerprint density at radius 1 is 1.40 bits per heavy atom. The lowest BCUT2D eigenvalue weighted by Crippen LogP contribution is -2.24. The zero-order valence-corrected chi connectivity index (χ0v) is 14.1. The van der Waals surface area contributed by atoms with E-state index in [2.05, 4.69) is 21.6 Å². The van der Waals surface area contributed by atoms with E-state index in [9.17, 15) is 9.90 Å². The molecule has 0 spiro atoms. The minimum Gasteiger partial charge on any atom is -0.493 e. The number of carboxylic acid groups (broad SMARTS) is 1. The zero-order chi connectivity index (χ0) is 17.4. The van der Waals surface area contributed by atoms with E-state index < -0.39 is 5.97 Å². The van der Waals surface area contributed by atoms with Gasteiger partial charge in [-0.25, -0.2) is 4.79 Å². The number of ether oxygens (including phenoxy) is 1. The van der Waals surface area contributed by atoms with Crippen molar-refractivity contribution >= 4 is 11.8 Å². The minimum atomic E-state index is -0.902. The number of nitrogens with zero attached hydrogens (tertiary/aromatic N) is 1. The molecule has 1 atom stereocenters. The van der Waals surface area contributed by atoms with E-state index in [4.69, 9.17) is 4.74 Å². The fraction of sp³-hybridized carbons (Fsp3) is 0.368. The molecule has 1 unspecified atom stereocenters. The van der Waals surface area contributed by atoms with Crippen molar-refractivity contribution in [2.75, 3.05) is 11.9 Å². The summed E-state index contributed by atoms with van der Waals surface area (Å²) in [7, 11) is 0. The molecule has 0 aliphatic carbocycles. The van der Waals surface area contributed by atoms with Crippen LogP contribution in [0.3, 0.4) is 0 Å². The molecule has 6 heteroatoms. The van der Waals surface area contributed by atoms with Crippen LogP contribution in [-0.4, -0.2) is 27.9 Å². The molecule has 2 aliphatic rings. The number of hydrogen-bond donors (Lipinski definition) is 3. The van der Waals surface area contributed by atoms with E-state index in [-0.39, 0.29) is 5.92 Å². The summed E-state index contributed by atoms with van der Waals surface area (Å²) in [4.78, 5) is 12.2. The van der Waals surface area contributed by atoms with Gasteiger partial charge in [0.05, 0.1) is 24.3 Å². The average Bonchev–Trinajstić information content (AvgIpc) is 3.08. The van der Waals surface area contributed by atoms with Crippen LogP contribution in [0.2, 0.25) is 0 Å². The van der Waals surface area contributed by atoms with Gasteiger partial charge in [0.1, 0.15) is 11.6 Å². The monoisotopic (exact) mass is 339 g/mol. The van der Waals surface area contributed by atoms with Gasteiger partial charge in [0, 0.05) is 16.8 Å². The van der Waals surface area contributed by atoms with Crippen molar-refractivity contribution in [3.8, 4) is 5.75 Å². The Labute approximate surface area is 145 Å². The molecule has 0 radical (unpaired) electrons. The van der Waals surface area contributed by atoms with E-state index in [1.54, 1.807) is 6.20 Å². The molecule has 4 rings (SSSR count). The fourth-order valence-electron chi connectivity index (χ4n) is 3.83. The number of fused-ring (bicyclic) bond motifs is 2. The normalized spacial score (nSPS) is 18.8. The third-order valence-electron chi connectivity index (χ3n) is 4.87. The van der Waals surface area contributed by atoms with Crippen molar-refractivity contribution in [3.05, 3.63) is 52.4 Å². The van der Waals surface area contributed by atoms with Crippen LogP contribution >= 0.6 is 0 Å². The number of nitrogens with one attached hydrogen (secondary N) is 2. The number of hydrogen-bond acceptors (Lipinski definition) is 4. The maximum atomic E-state index is 12.2. The first-order valence-corrected chi connectivity index (χ1v) is 8.72. The number of allylic oxidation sites excluding steroid dienone is 1. The molecule has 2 aromatic rings. The van der Waals surface area contributed by atoms with Gasteiger partial charge in [-0.2, -0.15) is 5.10 Å². The molecule has 3 N–H and O–H groups in total. The summed E-state index contributed by atoms with van der Waals surface area (Å²) in [5.74, 6) is 0.317. The second-order valence-corrected chi connectivity index (χ2v) is 6.49. The van der Waals surface area contributed by atoms with Gasteiger partial charge in [0.25, 0.3) is 0 Å². The fourth-order valence-corrected chi connectivity index (χ4v) is 3.83. The molecule has 0 saturated carbocycles. The largest absolute Gasteiger partial charge is 0.493 e. The molecule has 6 nitrogen and oxygen atoms in total. The lowest BCUT2D eigenvalue weighted by Gasteiger charge is -2.30. The molecule has 0 bridgehead atoms. The molecule has 1 aromatic heterocycles. The van der Waals surface area contributed by atoms with Gasteiger partial charge in [-0.3, -0.25) is 5.10 Å². The third-order valence-corrected chi connectivity index (χ3v) is 4.87. The number of aromatic amines is 1. The molecule has 0 fully saturated rings. The predicted molar refractivity (Wildman–Crippen MR) is 93.9 cm³/mol. The Morgan fingerprint density at radius 3 is 3.08 bits per heavy atom. The maximum absolute atomic E-state index is 12.2. The molecule has 0 amide bonds. The van der Waals surface area contributed by atoms with Crippen molar-refractivity contribution in [2.24, 2.45) is 0 Å². The molecule has 1 aromatic carbocycles. The highest BCUT2D eigenvalue weighted by atomic mass is 16.5. The Hall–Kier alpha value is -2.76. The lowest BCUT2D eigenvalue weighted by atomic mass is 9.80. The van der Waals surface area contributed by atoms with Crippen molar-refractivity contribution in [3.63, 3.8) is 0 Å². The summed E-state index contributed by atoms with van der Waals surface area (Å²) in [5.41, 5.74) is 4.03. The van der Waals surface area contributed by atoms with Gasteiger partial charge in [-0.05, 0) is 24.8 Å². The smallest absolute Gasteiger partial charge is 0.334 e. The van der Waals surface area contributed by atoms with Crippen LogP contribution < -0.4 is 10.1 Å². The van der Waals surface area contributed by atoms with Crippen LogP contribution in [0.4, 0.5) is 5.82 Å². The maximum Gasteiger partial charge on any atom is 0.334 e. The number of H-pyrrole nitrogens is 1. The Kier molecular flexibility index (Phi) is 3.95. The Morgan fingerprint density at radius 2 is 2.28 bits per heavy atom. The van der Waals surface area contributed by atoms with E-state index in [0.717, 1.165) is 53.2 Å². The molecule has 130 valence electrons. The van der Waals surface area contributed by atoms with Crippen molar-refractivity contribution in [1.82, 2.24) is 10.2 Å². The molecule has 2 aliphatic heterocycles. The molecule has 0 saturated heterocycles. The van der Waals surface area contributed by atoms with Crippen LogP contribution in [0.25, 0.3) is 0 Å². The van der Waals surface area contributed by atoms with E-state index in [1.807, 2.05) is 19.1 Å². The van der Waals surface area contributed by atoms with E-state index >= 15 is 0 Å². The average molecular weight is 339 g/mol. The van der Waals surface area contributed by atoms with Crippen LogP contribution in [-0.2, 0) is 11.2 Å². The highest BCUT2D eigenvalue weighted by Gasteiger charge is 2.36. The number of aromatic nitrogens is 2. The Bertz CT molecular complexity index is 853. The number of aryl methyl sites for hydroxylation is 1. The number of anilines is 1. The first-order chi connectivity index (χ1) is 12.2. The number of rotatable bonds is 4. The number of aliphatic carboxylic acids is 1. The van der Waals surface area contributed by atoms with Crippen molar-refractivity contribution in [2.45, 2.75) is 38.5 Å². The van der Waals surface area contributed by atoms with Crippen LogP contribution in [0.15, 0.2) is 35.7 Å². The van der Waals surface area contributed by atoms with Gasteiger partial charge >= 0.3 is 5.97 Å². The standard InChI is InChI=1S/C19H21N3O3/c1-2-5-14-16(19(23)24)15(13-10-20-22-18(13)21-14)12-8-3-6-11-7-4-9-25-17(11)12/h3,6,8,10,15H,2,4-5,7,9H2,1H3,(H,23,24)(H2,20,21,22). The van der Waals surface area contributed by atoms with Gasteiger partial charge in [-0.15, -0.1) is 0 Å². The predicted octanol–water partition coefficient (Wildman–Crippen LogP) is 3.43. The van der Waals surface area contributed by atoms with Gasteiger partial charge in [-0.1, -0.05) is 31.5 Å². The summed E-state index contributed by atoms with van der Waals surface area (Å²) in [5, 5.41) is 20.3. The second kappa shape index (κ2) is 6.27. The molecular weight excluding hydrogens is 318 g/mol. The summed E-state index contributed by atoms with van der Waals surface area (Å²) in [6.07, 6.45) is 5.19. The summed E-state index contributed by atoms with van der Waals surface area (Å²) < 4.78 is 5.96. The summed E-state index contributed by atoms with van der Waals surface area (Å²) >= 11 is 0. The molecule has 25 heavy (non-hydrogen) atoms. The van der Waals surface area contributed by atoms with Crippen LogP contribution in [0.5, 0.6) is 5.75 Å². The van der Waals surface area contributed by atoms with Gasteiger partial charge in [0.15, 0.2) is 0 Å². The summed E-state index contributed by atoms with van der Waals surface area (Å²) in [6, 6.07) is 6.03. The number of carbonyl (C=O) groups is 1. The van der Waals surface area contributed by atoms with Crippen LogP contribution in [0, 0.1) is 0 Å². The number of carboxylic acids is 1. The number of para-hydroxylation sites is 1. The van der Waals surface area contributed by atoms with Crippen molar-refractivity contribution in [1.29, 1.82) is 0 Å². The minimum absolute atomic E-state index is 0.387. The lowest BCUT2D eigenvalue weighted by molar-refractivity contribution is -0.133. The van der Waals surface area contributed by atoms with Gasteiger partial charge in [0.2, 0.25) is 0 Å². The molecular formula is C19H21N3O3. The second-order valence-electron chi connectivity index (χ2n) is 6.49. The zero-order valence-electron chi connectivity index (χ0n) is 14.1. The van der Waals surface area contributed by atoms with E-state index in [0.29, 0.717) is 18.6 Å². The third kappa shape index (κ3) is 2.58. The quantitative estimate of drug-likeness (QED) is 0.794.